The highest BCUT2D eigenvalue weighted by Crippen LogP contribution is 2.22. The summed E-state index contributed by atoms with van der Waals surface area (Å²) in [5.74, 6) is 0.382. The predicted molar refractivity (Wildman–Crippen MR) is 133 cm³/mol. The molecule has 190 valence electrons. The van der Waals surface area contributed by atoms with Crippen LogP contribution in [-0.2, 0) is 17.8 Å². The Bertz CT molecular complexity index is 1340. The molecule has 1 heterocycles. The quantitative estimate of drug-likeness (QED) is 0.304. The van der Waals surface area contributed by atoms with Gasteiger partial charge in [0.1, 0.15) is 29.6 Å². The number of benzene rings is 3. The van der Waals surface area contributed by atoms with Crippen LogP contribution in [0.25, 0.3) is 11.5 Å². The lowest BCUT2D eigenvalue weighted by Crippen LogP contribution is -2.37. The normalized spacial score (nSPS) is 10.6. The fraction of sp³-hybridized carbons (Fsp3) is 0.179. The largest absolute Gasteiger partial charge is 0.493 e. The number of aryl methyl sites for hydroxylation is 1. The number of carbonyl (C=O) groups is 2. The third kappa shape index (κ3) is 7.17. The van der Waals surface area contributed by atoms with E-state index in [0.29, 0.717) is 30.2 Å². The number of aromatic nitrogens is 1. The fourth-order valence-electron chi connectivity index (χ4n) is 3.56. The molecule has 9 heteroatoms. The molecule has 3 aromatic carbocycles. The van der Waals surface area contributed by atoms with Crippen molar-refractivity contribution in [3.63, 3.8) is 0 Å². The summed E-state index contributed by atoms with van der Waals surface area (Å²) in [5, 5.41) is 9.20. The second kappa shape index (κ2) is 11.9. The summed E-state index contributed by atoms with van der Waals surface area (Å²) in [6.45, 7) is 1.71. The van der Waals surface area contributed by atoms with Gasteiger partial charge in [0.25, 0.3) is 0 Å². The number of nitrogens with zero attached hydrogens (tertiary/aromatic N) is 2. The number of halogens is 1. The number of carboxylic acids is 1. The number of carboxylic acid groups (broad SMARTS) is 1. The maximum Gasteiger partial charge on any atom is 0.416 e. The molecule has 0 radical (unpaired) electrons. The number of carbonyl (C=O) groups excluding carboxylic acids is 1. The molecule has 0 fully saturated rings. The van der Waals surface area contributed by atoms with Crippen LogP contribution in [0.1, 0.15) is 17.0 Å². The highest BCUT2D eigenvalue weighted by atomic mass is 19.1. The molecule has 1 N–H and O–H groups in total. The van der Waals surface area contributed by atoms with Gasteiger partial charge < -0.3 is 19.0 Å². The van der Waals surface area contributed by atoms with E-state index in [9.17, 15) is 19.1 Å². The topological polar surface area (TPSA) is 102 Å². The molecule has 8 nitrogen and oxygen atoms in total. The zero-order chi connectivity index (χ0) is 26.2. The lowest BCUT2D eigenvalue weighted by molar-refractivity contribution is -0.138. The smallest absolute Gasteiger partial charge is 0.416 e. The van der Waals surface area contributed by atoms with Gasteiger partial charge in [-0.25, -0.2) is 14.2 Å². The van der Waals surface area contributed by atoms with Crippen LogP contribution >= 0.6 is 0 Å². The summed E-state index contributed by atoms with van der Waals surface area (Å²) in [6, 6.07) is 21.5. The molecule has 0 unspecified atom stereocenters. The maximum atomic E-state index is 13.1. The van der Waals surface area contributed by atoms with Crippen LogP contribution in [0, 0.1) is 12.7 Å². The van der Waals surface area contributed by atoms with Crippen molar-refractivity contribution in [2.75, 3.05) is 13.2 Å². The van der Waals surface area contributed by atoms with E-state index in [1.54, 1.807) is 24.3 Å². The zero-order valence-corrected chi connectivity index (χ0v) is 20.1. The van der Waals surface area contributed by atoms with Crippen LogP contribution in [0.5, 0.6) is 11.5 Å². The minimum absolute atomic E-state index is 0.00695. The molecule has 0 spiro atoms. The van der Waals surface area contributed by atoms with Gasteiger partial charge in [-0.05, 0) is 61.0 Å². The van der Waals surface area contributed by atoms with Crippen LogP contribution in [0.2, 0.25) is 0 Å². The van der Waals surface area contributed by atoms with E-state index >= 15 is 0 Å². The first-order valence-corrected chi connectivity index (χ1v) is 11.5. The van der Waals surface area contributed by atoms with Crippen LogP contribution in [0.4, 0.5) is 9.18 Å². The molecule has 0 aliphatic heterocycles. The Balaban J connectivity index is 1.32. The van der Waals surface area contributed by atoms with Crippen molar-refractivity contribution in [2.45, 2.75) is 19.9 Å². The third-order valence-electron chi connectivity index (χ3n) is 5.42. The Morgan fingerprint density at radius 3 is 2.32 bits per heavy atom. The van der Waals surface area contributed by atoms with Crippen LogP contribution in [-0.4, -0.2) is 40.2 Å². The van der Waals surface area contributed by atoms with Gasteiger partial charge >= 0.3 is 12.1 Å². The molecule has 0 aliphatic carbocycles. The van der Waals surface area contributed by atoms with Gasteiger partial charge in [-0.1, -0.05) is 30.3 Å². The second-order valence-corrected chi connectivity index (χ2v) is 8.20. The van der Waals surface area contributed by atoms with Gasteiger partial charge in [-0.3, -0.25) is 9.69 Å². The first-order valence-electron chi connectivity index (χ1n) is 11.5. The maximum absolute atomic E-state index is 13.1. The van der Waals surface area contributed by atoms with Crippen molar-refractivity contribution < 1.29 is 33.0 Å². The van der Waals surface area contributed by atoms with E-state index in [-0.39, 0.29) is 12.3 Å². The summed E-state index contributed by atoms with van der Waals surface area (Å²) in [4.78, 5) is 29.4. The lowest BCUT2D eigenvalue weighted by Gasteiger charge is -2.20. The first kappa shape index (κ1) is 25.4. The fourth-order valence-corrected chi connectivity index (χ4v) is 3.56. The third-order valence-corrected chi connectivity index (χ3v) is 5.42. The minimum Gasteiger partial charge on any atom is -0.493 e. The number of ether oxygens (including phenoxy) is 2. The van der Waals surface area contributed by atoms with Gasteiger partial charge in [0, 0.05) is 18.5 Å². The molecule has 0 bridgehead atoms. The molecule has 1 aromatic heterocycles. The average Bonchev–Trinajstić information content (AvgIpc) is 3.26. The number of hydrogen-bond acceptors (Lipinski definition) is 6. The Morgan fingerprint density at radius 2 is 1.65 bits per heavy atom. The monoisotopic (exact) mass is 504 g/mol. The number of rotatable bonds is 10. The van der Waals surface area contributed by atoms with Crippen molar-refractivity contribution in [1.29, 1.82) is 0 Å². The van der Waals surface area contributed by atoms with Crippen LogP contribution in [0.15, 0.2) is 83.3 Å². The number of hydrogen-bond donors (Lipinski definition) is 1. The standard InChI is InChI=1S/C28H25FN2O6/c1-19-25(30-27(36-19)21-5-3-2-4-6-21)15-16-35-23-11-7-20(8-12-23)17-31(18-26(32)33)28(34)37-24-13-9-22(29)10-14-24/h2-14H,15-18H2,1H3,(H,32,33). The zero-order valence-electron chi connectivity index (χ0n) is 20.1. The molecular formula is C28H25FN2O6. The van der Waals surface area contributed by atoms with Crippen LogP contribution in [0.3, 0.4) is 0 Å². The van der Waals surface area contributed by atoms with Crippen LogP contribution < -0.4 is 9.47 Å². The second-order valence-electron chi connectivity index (χ2n) is 8.20. The van der Waals surface area contributed by atoms with E-state index in [1.807, 2.05) is 37.3 Å². The van der Waals surface area contributed by atoms with Crippen molar-refractivity contribution in [3.05, 3.63) is 102 Å². The van der Waals surface area contributed by atoms with E-state index in [1.165, 1.54) is 12.1 Å². The number of amides is 1. The Hall–Kier alpha value is -4.66. The molecule has 0 atom stereocenters. The summed E-state index contributed by atoms with van der Waals surface area (Å²) < 4.78 is 29.9. The highest BCUT2D eigenvalue weighted by Gasteiger charge is 2.20. The van der Waals surface area contributed by atoms with Crippen molar-refractivity contribution in [3.8, 4) is 23.0 Å². The van der Waals surface area contributed by atoms with E-state index in [2.05, 4.69) is 4.98 Å². The lowest BCUT2D eigenvalue weighted by atomic mass is 10.2. The highest BCUT2D eigenvalue weighted by molar-refractivity contribution is 5.78. The predicted octanol–water partition coefficient (Wildman–Crippen LogP) is 5.50. The molecule has 0 saturated heterocycles. The van der Waals surface area contributed by atoms with Gasteiger partial charge in [0.15, 0.2) is 0 Å². The molecule has 1 amide bonds. The number of oxazole rings is 1. The minimum atomic E-state index is -1.19. The summed E-state index contributed by atoms with van der Waals surface area (Å²) in [6.07, 6.45) is -0.293. The molecule has 4 aromatic rings. The molecule has 0 saturated carbocycles. The summed E-state index contributed by atoms with van der Waals surface area (Å²) >= 11 is 0. The summed E-state index contributed by atoms with van der Waals surface area (Å²) in [5.41, 5.74) is 2.41. The Morgan fingerprint density at radius 1 is 0.973 bits per heavy atom. The SMILES string of the molecule is Cc1oc(-c2ccccc2)nc1CCOc1ccc(CN(CC(=O)O)C(=O)Oc2ccc(F)cc2)cc1. The molecular weight excluding hydrogens is 479 g/mol. The summed E-state index contributed by atoms with van der Waals surface area (Å²) in [7, 11) is 0. The van der Waals surface area contributed by atoms with Gasteiger partial charge in [-0.2, -0.15) is 0 Å². The van der Waals surface area contributed by atoms with Gasteiger partial charge in [0.2, 0.25) is 5.89 Å². The van der Waals surface area contributed by atoms with E-state index in [4.69, 9.17) is 13.9 Å². The Kier molecular flexibility index (Phi) is 8.15. The molecule has 37 heavy (non-hydrogen) atoms. The van der Waals surface area contributed by atoms with Crippen molar-refractivity contribution >= 4 is 12.1 Å². The van der Waals surface area contributed by atoms with Gasteiger partial charge in [-0.15, -0.1) is 0 Å². The molecule has 0 aliphatic rings. The first-order chi connectivity index (χ1) is 17.9. The number of aliphatic carboxylic acids is 1. The van der Waals surface area contributed by atoms with E-state index < -0.39 is 24.4 Å². The average molecular weight is 505 g/mol. The van der Waals surface area contributed by atoms with Crippen molar-refractivity contribution in [2.24, 2.45) is 0 Å². The Labute approximate surface area is 212 Å². The van der Waals surface area contributed by atoms with Crippen molar-refractivity contribution in [1.82, 2.24) is 9.88 Å². The van der Waals surface area contributed by atoms with Gasteiger partial charge in [0.05, 0.1) is 12.3 Å². The molecule has 4 rings (SSSR count). The van der Waals surface area contributed by atoms with E-state index in [0.717, 1.165) is 34.1 Å².